The summed E-state index contributed by atoms with van der Waals surface area (Å²) in [6.07, 6.45) is 3.04. The summed E-state index contributed by atoms with van der Waals surface area (Å²) < 4.78 is 5.29. The number of rotatable bonds is 7. The largest absolute Gasteiger partial charge is 0.467 e. The second-order valence-electron chi connectivity index (χ2n) is 5.35. The summed E-state index contributed by atoms with van der Waals surface area (Å²) in [6, 6.07) is 11.5. The Bertz CT molecular complexity index is 779. The van der Waals surface area contributed by atoms with Gasteiger partial charge in [-0.2, -0.15) is 0 Å². The minimum absolute atomic E-state index is 0.0447. The number of benzene rings is 1. The van der Waals surface area contributed by atoms with Crippen LogP contribution in [0.25, 0.3) is 11.3 Å². The van der Waals surface area contributed by atoms with Crippen LogP contribution in [-0.4, -0.2) is 10.9 Å². The SMILES string of the molecule is CCCC(=O)Nc1ccc(-c2csc(NCc3ccco3)n2)cc1. The summed E-state index contributed by atoms with van der Waals surface area (Å²) in [6.45, 7) is 2.60. The minimum Gasteiger partial charge on any atom is -0.467 e. The summed E-state index contributed by atoms with van der Waals surface area (Å²) in [5, 5.41) is 8.99. The van der Waals surface area contributed by atoms with E-state index in [1.165, 1.54) is 0 Å². The predicted molar refractivity (Wildman–Crippen MR) is 97.1 cm³/mol. The van der Waals surface area contributed by atoms with Crippen LogP contribution in [0.15, 0.2) is 52.5 Å². The molecule has 0 spiro atoms. The summed E-state index contributed by atoms with van der Waals surface area (Å²) in [7, 11) is 0. The molecule has 0 fully saturated rings. The van der Waals surface area contributed by atoms with Gasteiger partial charge in [0, 0.05) is 23.1 Å². The summed E-state index contributed by atoms with van der Waals surface area (Å²) in [5.74, 6) is 0.919. The number of amides is 1. The molecule has 0 bridgehead atoms. The van der Waals surface area contributed by atoms with Gasteiger partial charge in [-0.25, -0.2) is 4.98 Å². The first-order chi connectivity index (χ1) is 11.7. The van der Waals surface area contributed by atoms with E-state index in [1.807, 2.05) is 48.7 Å². The quantitative estimate of drug-likeness (QED) is 0.650. The highest BCUT2D eigenvalue weighted by molar-refractivity contribution is 7.14. The molecule has 24 heavy (non-hydrogen) atoms. The van der Waals surface area contributed by atoms with Gasteiger partial charge in [-0.1, -0.05) is 19.1 Å². The fraction of sp³-hybridized carbons (Fsp3) is 0.222. The summed E-state index contributed by atoms with van der Waals surface area (Å²) in [5.41, 5.74) is 2.74. The van der Waals surface area contributed by atoms with Crippen molar-refractivity contribution in [2.75, 3.05) is 10.6 Å². The third-order valence-electron chi connectivity index (χ3n) is 3.44. The topological polar surface area (TPSA) is 67.2 Å². The molecule has 0 atom stereocenters. The molecular weight excluding hydrogens is 322 g/mol. The maximum Gasteiger partial charge on any atom is 0.224 e. The third-order valence-corrected chi connectivity index (χ3v) is 4.24. The van der Waals surface area contributed by atoms with Gasteiger partial charge in [-0.15, -0.1) is 11.3 Å². The van der Waals surface area contributed by atoms with E-state index >= 15 is 0 Å². The number of carbonyl (C=O) groups is 1. The Morgan fingerprint density at radius 3 is 2.79 bits per heavy atom. The lowest BCUT2D eigenvalue weighted by Gasteiger charge is -2.05. The van der Waals surface area contributed by atoms with E-state index in [1.54, 1.807) is 17.6 Å². The molecule has 6 heteroatoms. The van der Waals surface area contributed by atoms with Crippen LogP contribution in [0.5, 0.6) is 0 Å². The number of nitrogens with zero attached hydrogens (tertiary/aromatic N) is 1. The van der Waals surface area contributed by atoms with E-state index in [-0.39, 0.29) is 5.91 Å². The van der Waals surface area contributed by atoms with Crippen molar-refractivity contribution in [1.82, 2.24) is 4.98 Å². The highest BCUT2D eigenvalue weighted by Crippen LogP contribution is 2.26. The van der Waals surface area contributed by atoms with Crippen LogP contribution in [-0.2, 0) is 11.3 Å². The molecule has 0 aliphatic rings. The normalized spacial score (nSPS) is 10.5. The van der Waals surface area contributed by atoms with E-state index in [0.29, 0.717) is 13.0 Å². The lowest BCUT2D eigenvalue weighted by atomic mass is 10.1. The predicted octanol–water partition coefficient (Wildman–Crippen LogP) is 4.75. The Hall–Kier alpha value is -2.60. The summed E-state index contributed by atoms with van der Waals surface area (Å²) >= 11 is 1.55. The van der Waals surface area contributed by atoms with Gasteiger partial charge in [0.05, 0.1) is 18.5 Å². The molecule has 0 aliphatic carbocycles. The third kappa shape index (κ3) is 4.23. The van der Waals surface area contributed by atoms with Gasteiger partial charge < -0.3 is 15.1 Å². The number of hydrogen-bond acceptors (Lipinski definition) is 5. The maximum absolute atomic E-state index is 11.6. The molecule has 2 aromatic heterocycles. The van der Waals surface area contributed by atoms with Crippen molar-refractivity contribution in [3.63, 3.8) is 0 Å². The van der Waals surface area contributed by atoms with Crippen molar-refractivity contribution in [1.29, 1.82) is 0 Å². The van der Waals surface area contributed by atoms with Crippen molar-refractivity contribution in [2.24, 2.45) is 0 Å². The second-order valence-corrected chi connectivity index (χ2v) is 6.20. The van der Waals surface area contributed by atoms with Crippen LogP contribution in [0.2, 0.25) is 0 Å². The van der Waals surface area contributed by atoms with Crippen LogP contribution in [0, 0.1) is 0 Å². The van der Waals surface area contributed by atoms with Crippen molar-refractivity contribution < 1.29 is 9.21 Å². The summed E-state index contributed by atoms with van der Waals surface area (Å²) in [4.78, 5) is 16.2. The molecule has 0 radical (unpaired) electrons. The molecule has 0 saturated heterocycles. The Morgan fingerprint density at radius 2 is 2.08 bits per heavy atom. The van der Waals surface area contributed by atoms with Crippen molar-refractivity contribution in [3.8, 4) is 11.3 Å². The molecule has 3 rings (SSSR count). The molecule has 5 nitrogen and oxygen atoms in total. The second kappa shape index (κ2) is 7.79. The Labute approximate surface area is 144 Å². The van der Waals surface area contributed by atoms with Crippen molar-refractivity contribution >= 4 is 28.1 Å². The number of thiazole rings is 1. The fourth-order valence-corrected chi connectivity index (χ4v) is 2.96. The zero-order valence-corrected chi connectivity index (χ0v) is 14.2. The molecule has 0 unspecified atom stereocenters. The average Bonchev–Trinajstić information content (AvgIpc) is 3.26. The number of nitrogens with one attached hydrogen (secondary N) is 2. The van der Waals surface area contributed by atoms with Gasteiger partial charge in [0.1, 0.15) is 5.76 Å². The zero-order chi connectivity index (χ0) is 16.8. The lowest BCUT2D eigenvalue weighted by molar-refractivity contribution is -0.116. The zero-order valence-electron chi connectivity index (χ0n) is 13.4. The molecule has 3 aromatic rings. The highest BCUT2D eigenvalue weighted by Gasteiger charge is 2.06. The first-order valence-electron chi connectivity index (χ1n) is 7.86. The first kappa shape index (κ1) is 16.3. The molecule has 2 N–H and O–H groups in total. The van der Waals surface area contributed by atoms with E-state index in [4.69, 9.17) is 4.42 Å². The van der Waals surface area contributed by atoms with Crippen molar-refractivity contribution in [3.05, 3.63) is 53.8 Å². The smallest absolute Gasteiger partial charge is 0.224 e. The fourth-order valence-electron chi connectivity index (χ4n) is 2.24. The first-order valence-corrected chi connectivity index (χ1v) is 8.74. The van der Waals surface area contributed by atoms with E-state index < -0.39 is 0 Å². The van der Waals surface area contributed by atoms with E-state index in [9.17, 15) is 4.79 Å². The Morgan fingerprint density at radius 1 is 1.25 bits per heavy atom. The van der Waals surface area contributed by atoms with Crippen LogP contribution >= 0.6 is 11.3 Å². The number of hydrogen-bond donors (Lipinski definition) is 2. The number of anilines is 2. The molecule has 2 heterocycles. The number of carbonyl (C=O) groups excluding carboxylic acids is 1. The van der Waals surface area contributed by atoms with Gasteiger partial charge >= 0.3 is 0 Å². The van der Waals surface area contributed by atoms with E-state index in [2.05, 4.69) is 15.6 Å². The molecule has 0 saturated carbocycles. The number of furan rings is 1. The van der Waals surface area contributed by atoms with Gasteiger partial charge in [-0.3, -0.25) is 4.79 Å². The van der Waals surface area contributed by atoms with E-state index in [0.717, 1.165) is 34.3 Å². The lowest BCUT2D eigenvalue weighted by Crippen LogP contribution is -2.10. The average molecular weight is 341 g/mol. The highest BCUT2D eigenvalue weighted by atomic mass is 32.1. The standard InChI is InChI=1S/C18H19N3O2S/c1-2-4-17(22)20-14-8-6-13(7-9-14)16-12-24-18(21-16)19-11-15-5-3-10-23-15/h3,5-10,12H,2,4,11H2,1H3,(H,19,21)(H,20,22). The molecular formula is C18H19N3O2S. The van der Waals surface area contributed by atoms with Gasteiger partial charge in [-0.05, 0) is 30.7 Å². The molecule has 0 aliphatic heterocycles. The molecule has 124 valence electrons. The number of aromatic nitrogens is 1. The monoisotopic (exact) mass is 341 g/mol. The Balaban J connectivity index is 1.61. The van der Waals surface area contributed by atoms with Crippen LogP contribution < -0.4 is 10.6 Å². The van der Waals surface area contributed by atoms with Gasteiger partial charge in [0.15, 0.2) is 5.13 Å². The molecule has 1 aromatic carbocycles. The van der Waals surface area contributed by atoms with Gasteiger partial charge in [0.2, 0.25) is 5.91 Å². The van der Waals surface area contributed by atoms with Crippen molar-refractivity contribution in [2.45, 2.75) is 26.3 Å². The van der Waals surface area contributed by atoms with Gasteiger partial charge in [0.25, 0.3) is 0 Å². The van der Waals surface area contributed by atoms with Crippen LogP contribution in [0.3, 0.4) is 0 Å². The Kier molecular flexibility index (Phi) is 5.28. The maximum atomic E-state index is 11.6. The van der Waals surface area contributed by atoms with Crippen LogP contribution in [0.4, 0.5) is 10.8 Å². The minimum atomic E-state index is 0.0447. The molecule has 1 amide bonds. The van der Waals surface area contributed by atoms with Crippen LogP contribution in [0.1, 0.15) is 25.5 Å².